The SMILES string of the molecule is C/C=C\CCc1cc2cc(C=C(C#N)C#N)c(=O)oc2cc1C. The first-order chi connectivity index (χ1) is 11.1. The Morgan fingerprint density at radius 2 is 2.00 bits per heavy atom. The molecule has 0 aliphatic rings. The fraction of sp³-hybridized carbons (Fsp3) is 0.211. The molecule has 4 heteroatoms. The number of allylic oxidation sites excluding steroid dienone is 3. The molecule has 1 heterocycles. The maximum Gasteiger partial charge on any atom is 0.343 e. The predicted molar refractivity (Wildman–Crippen MR) is 89.6 cm³/mol. The second-order valence-corrected chi connectivity index (χ2v) is 5.20. The number of hydrogen-bond donors (Lipinski definition) is 0. The summed E-state index contributed by atoms with van der Waals surface area (Å²) in [6.07, 6.45) is 7.22. The van der Waals surface area contributed by atoms with E-state index in [4.69, 9.17) is 14.9 Å². The van der Waals surface area contributed by atoms with Crippen LogP contribution in [0, 0.1) is 29.6 Å². The molecular formula is C19H16N2O2. The zero-order chi connectivity index (χ0) is 16.8. The van der Waals surface area contributed by atoms with Gasteiger partial charge >= 0.3 is 5.63 Å². The second kappa shape index (κ2) is 7.24. The van der Waals surface area contributed by atoms with Crippen molar-refractivity contribution in [3.63, 3.8) is 0 Å². The molecule has 0 saturated carbocycles. The summed E-state index contributed by atoms with van der Waals surface area (Å²) in [5.41, 5.74) is 2.29. The lowest BCUT2D eigenvalue weighted by Gasteiger charge is -2.07. The molecule has 0 aliphatic carbocycles. The van der Waals surface area contributed by atoms with Crippen LogP contribution in [0.15, 0.2) is 45.1 Å². The summed E-state index contributed by atoms with van der Waals surface area (Å²) in [4.78, 5) is 12.0. The van der Waals surface area contributed by atoms with Gasteiger partial charge in [-0.25, -0.2) is 4.79 Å². The van der Waals surface area contributed by atoms with Crippen LogP contribution in [0.5, 0.6) is 0 Å². The van der Waals surface area contributed by atoms with Crippen LogP contribution in [0.1, 0.15) is 30.0 Å². The number of rotatable bonds is 4. The summed E-state index contributed by atoms with van der Waals surface area (Å²) in [7, 11) is 0. The van der Waals surface area contributed by atoms with Gasteiger partial charge in [-0.2, -0.15) is 10.5 Å². The van der Waals surface area contributed by atoms with Crippen molar-refractivity contribution in [3.05, 3.63) is 63.0 Å². The smallest absolute Gasteiger partial charge is 0.343 e. The van der Waals surface area contributed by atoms with Crippen molar-refractivity contribution in [2.45, 2.75) is 26.7 Å². The Labute approximate surface area is 134 Å². The third-order valence-electron chi connectivity index (χ3n) is 3.57. The Bertz CT molecular complexity index is 919. The minimum absolute atomic E-state index is 0.128. The molecule has 0 aliphatic heterocycles. The topological polar surface area (TPSA) is 77.8 Å². The van der Waals surface area contributed by atoms with Gasteiger partial charge in [0.1, 0.15) is 23.3 Å². The zero-order valence-electron chi connectivity index (χ0n) is 13.1. The summed E-state index contributed by atoms with van der Waals surface area (Å²) in [5.74, 6) is 0. The van der Waals surface area contributed by atoms with Gasteiger partial charge in [0.15, 0.2) is 0 Å². The standard InChI is InChI=1S/C19H16N2O2/c1-3-4-5-6-15-9-16-10-17(8-14(11-20)12-21)19(22)23-18(16)7-13(15)2/h3-4,7-10H,5-6H2,1-2H3/b4-3-. The fourth-order valence-corrected chi connectivity index (χ4v) is 2.35. The highest BCUT2D eigenvalue weighted by molar-refractivity contribution is 5.81. The lowest BCUT2D eigenvalue weighted by molar-refractivity contribution is 0.559. The third kappa shape index (κ3) is 3.75. The average Bonchev–Trinajstić information content (AvgIpc) is 2.54. The van der Waals surface area contributed by atoms with E-state index < -0.39 is 5.63 Å². The molecule has 0 bridgehead atoms. The van der Waals surface area contributed by atoms with E-state index in [0.717, 1.165) is 23.8 Å². The molecule has 23 heavy (non-hydrogen) atoms. The van der Waals surface area contributed by atoms with Crippen molar-refractivity contribution in [2.24, 2.45) is 0 Å². The summed E-state index contributed by atoms with van der Waals surface area (Å²) in [6, 6.07) is 8.99. The summed E-state index contributed by atoms with van der Waals surface area (Å²) < 4.78 is 5.31. The highest BCUT2D eigenvalue weighted by atomic mass is 16.4. The molecule has 1 aromatic carbocycles. The summed E-state index contributed by atoms with van der Waals surface area (Å²) in [6.45, 7) is 3.98. The van der Waals surface area contributed by atoms with Crippen LogP contribution >= 0.6 is 0 Å². The van der Waals surface area contributed by atoms with Crippen LogP contribution in [-0.2, 0) is 6.42 Å². The first-order valence-corrected chi connectivity index (χ1v) is 7.29. The summed E-state index contributed by atoms with van der Waals surface area (Å²) >= 11 is 0. The van der Waals surface area contributed by atoms with Gasteiger partial charge < -0.3 is 4.42 Å². The minimum Gasteiger partial charge on any atom is -0.422 e. The molecule has 0 atom stereocenters. The Morgan fingerprint density at radius 3 is 2.65 bits per heavy atom. The number of hydrogen-bond acceptors (Lipinski definition) is 4. The van der Waals surface area contributed by atoms with Crippen molar-refractivity contribution in [1.82, 2.24) is 0 Å². The zero-order valence-corrected chi connectivity index (χ0v) is 13.1. The molecular weight excluding hydrogens is 288 g/mol. The lowest BCUT2D eigenvalue weighted by Crippen LogP contribution is -2.03. The number of aryl methyl sites for hydroxylation is 2. The van der Waals surface area contributed by atoms with Gasteiger partial charge in [0, 0.05) is 5.39 Å². The molecule has 2 aromatic rings. The van der Waals surface area contributed by atoms with Gasteiger partial charge in [-0.15, -0.1) is 0 Å². The molecule has 0 saturated heterocycles. The van der Waals surface area contributed by atoms with E-state index in [-0.39, 0.29) is 11.1 Å². The van der Waals surface area contributed by atoms with Crippen molar-refractivity contribution >= 4 is 17.0 Å². The van der Waals surface area contributed by atoms with E-state index in [1.807, 2.05) is 32.1 Å². The Morgan fingerprint density at radius 1 is 1.26 bits per heavy atom. The van der Waals surface area contributed by atoms with Gasteiger partial charge in [-0.3, -0.25) is 0 Å². The van der Waals surface area contributed by atoms with Crippen LogP contribution in [0.3, 0.4) is 0 Å². The highest BCUT2D eigenvalue weighted by Crippen LogP contribution is 2.21. The second-order valence-electron chi connectivity index (χ2n) is 5.20. The summed E-state index contributed by atoms with van der Waals surface area (Å²) in [5, 5.41) is 18.4. The van der Waals surface area contributed by atoms with E-state index in [9.17, 15) is 4.79 Å². The van der Waals surface area contributed by atoms with Gasteiger partial charge in [0.2, 0.25) is 0 Å². The Hall–Kier alpha value is -3.11. The largest absolute Gasteiger partial charge is 0.422 e. The van der Waals surface area contributed by atoms with E-state index in [2.05, 4.69) is 6.08 Å². The first kappa shape index (κ1) is 16.3. The normalized spacial score (nSPS) is 10.4. The Balaban J connectivity index is 2.55. The molecule has 0 amide bonds. The monoisotopic (exact) mass is 304 g/mol. The van der Waals surface area contributed by atoms with E-state index in [0.29, 0.717) is 5.58 Å². The quantitative estimate of drug-likeness (QED) is 0.485. The maximum absolute atomic E-state index is 12.0. The fourth-order valence-electron chi connectivity index (χ4n) is 2.35. The van der Waals surface area contributed by atoms with E-state index in [1.54, 1.807) is 18.2 Å². The first-order valence-electron chi connectivity index (χ1n) is 7.29. The number of benzene rings is 1. The third-order valence-corrected chi connectivity index (χ3v) is 3.57. The molecule has 4 nitrogen and oxygen atoms in total. The molecule has 2 rings (SSSR count). The van der Waals surface area contributed by atoms with Crippen molar-refractivity contribution in [1.29, 1.82) is 10.5 Å². The van der Waals surface area contributed by atoms with Crippen LogP contribution < -0.4 is 5.63 Å². The minimum atomic E-state index is -0.554. The number of nitrogens with zero attached hydrogens (tertiary/aromatic N) is 2. The van der Waals surface area contributed by atoms with Gasteiger partial charge in [-0.05, 0) is 62.1 Å². The van der Waals surface area contributed by atoms with Crippen molar-refractivity contribution in [3.8, 4) is 12.1 Å². The van der Waals surface area contributed by atoms with Gasteiger partial charge in [-0.1, -0.05) is 12.2 Å². The number of nitriles is 2. The van der Waals surface area contributed by atoms with Crippen LogP contribution in [0.25, 0.3) is 17.0 Å². The Kier molecular flexibility index (Phi) is 5.12. The van der Waals surface area contributed by atoms with Crippen LogP contribution in [0.2, 0.25) is 0 Å². The molecule has 0 radical (unpaired) electrons. The van der Waals surface area contributed by atoms with Crippen molar-refractivity contribution in [2.75, 3.05) is 0 Å². The molecule has 114 valence electrons. The highest BCUT2D eigenvalue weighted by Gasteiger charge is 2.08. The van der Waals surface area contributed by atoms with Gasteiger partial charge in [0.05, 0.1) is 5.56 Å². The molecule has 0 spiro atoms. The van der Waals surface area contributed by atoms with Gasteiger partial charge in [0.25, 0.3) is 0 Å². The van der Waals surface area contributed by atoms with Crippen LogP contribution in [0.4, 0.5) is 0 Å². The maximum atomic E-state index is 12.0. The predicted octanol–water partition coefficient (Wildman–Crippen LogP) is 4.04. The van der Waals surface area contributed by atoms with E-state index >= 15 is 0 Å². The molecule has 0 N–H and O–H groups in total. The van der Waals surface area contributed by atoms with Crippen LogP contribution in [-0.4, -0.2) is 0 Å². The average molecular weight is 304 g/mol. The van der Waals surface area contributed by atoms with E-state index in [1.165, 1.54) is 11.6 Å². The molecule has 0 unspecified atom stereocenters. The number of fused-ring (bicyclic) bond motifs is 1. The molecule has 1 aromatic heterocycles. The van der Waals surface area contributed by atoms with Crippen molar-refractivity contribution < 1.29 is 4.42 Å². The molecule has 0 fully saturated rings. The lowest BCUT2D eigenvalue weighted by atomic mass is 10.0.